The van der Waals surface area contributed by atoms with E-state index < -0.39 is 0 Å². The van der Waals surface area contributed by atoms with Crippen LogP contribution in [-0.4, -0.2) is 23.9 Å². The van der Waals surface area contributed by atoms with E-state index >= 15 is 0 Å². The first-order chi connectivity index (χ1) is 5.29. The minimum Gasteiger partial charge on any atom is -0.393 e. The van der Waals surface area contributed by atoms with Crippen molar-refractivity contribution >= 4 is 0 Å². The van der Waals surface area contributed by atoms with Crippen molar-refractivity contribution in [2.45, 2.75) is 51.2 Å². The van der Waals surface area contributed by atoms with Crippen molar-refractivity contribution < 1.29 is 9.84 Å². The van der Waals surface area contributed by atoms with E-state index in [4.69, 9.17) is 9.84 Å². The van der Waals surface area contributed by atoms with Crippen LogP contribution in [0, 0.1) is 0 Å². The molecular formula is C9H18O2. The zero-order chi connectivity index (χ0) is 8.10. The molecule has 0 aliphatic carbocycles. The summed E-state index contributed by atoms with van der Waals surface area (Å²) >= 11 is 0. The average molecular weight is 158 g/mol. The maximum atomic E-state index is 9.03. The molecule has 1 aliphatic heterocycles. The van der Waals surface area contributed by atoms with E-state index in [-0.39, 0.29) is 6.10 Å². The van der Waals surface area contributed by atoms with Crippen molar-refractivity contribution in [3.05, 3.63) is 0 Å². The van der Waals surface area contributed by atoms with Gasteiger partial charge >= 0.3 is 0 Å². The zero-order valence-electron chi connectivity index (χ0n) is 7.25. The van der Waals surface area contributed by atoms with Gasteiger partial charge in [-0.2, -0.15) is 0 Å². The van der Waals surface area contributed by atoms with E-state index in [2.05, 4.69) is 0 Å². The lowest BCUT2D eigenvalue weighted by Crippen LogP contribution is -2.20. The van der Waals surface area contributed by atoms with Crippen LogP contribution in [0.5, 0.6) is 0 Å². The van der Waals surface area contributed by atoms with Crippen LogP contribution in [0.4, 0.5) is 0 Å². The minimum absolute atomic E-state index is 0.166. The predicted molar refractivity (Wildman–Crippen MR) is 44.5 cm³/mol. The molecule has 1 rings (SSSR count). The van der Waals surface area contributed by atoms with Crippen LogP contribution in [0.2, 0.25) is 0 Å². The highest BCUT2D eigenvalue weighted by Gasteiger charge is 2.13. The van der Waals surface area contributed by atoms with Gasteiger partial charge in [-0.15, -0.1) is 0 Å². The van der Waals surface area contributed by atoms with E-state index in [1.165, 1.54) is 19.3 Å². The van der Waals surface area contributed by atoms with Gasteiger partial charge < -0.3 is 9.84 Å². The van der Waals surface area contributed by atoms with Gasteiger partial charge in [0.15, 0.2) is 0 Å². The van der Waals surface area contributed by atoms with Crippen molar-refractivity contribution in [2.75, 3.05) is 6.61 Å². The van der Waals surface area contributed by atoms with Crippen LogP contribution in [0.25, 0.3) is 0 Å². The van der Waals surface area contributed by atoms with E-state index in [0.29, 0.717) is 6.10 Å². The number of ether oxygens (including phenoxy) is 1. The van der Waals surface area contributed by atoms with Gasteiger partial charge in [-0.3, -0.25) is 0 Å². The maximum absolute atomic E-state index is 9.03. The smallest absolute Gasteiger partial charge is 0.0576 e. The quantitative estimate of drug-likeness (QED) is 0.677. The van der Waals surface area contributed by atoms with Crippen LogP contribution in [0.3, 0.4) is 0 Å². The number of aliphatic hydroxyl groups excluding tert-OH is 1. The predicted octanol–water partition coefficient (Wildman–Crippen LogP) is 1.72. The molecule has 0 saturated carbocycles. The summed E-state index contributed by atoms with van der Waals surface area (Å²) in [6.45, 7) is 2.76. The molecule has 0 spiro atoms. The van der Waals surface area contributed by atoms with E-state index in [1.54, 1.807) is 0 Å². The van der Waals surface area contributed by atoms with Crippen molar-refractivity contribution in [1.29, 1.82) is 0 Å². The highest BCUT2D eigenvalue weighted by Crippen LogP contribution is 2.17. The second-order valence-corrected chi connectivity index (χ2v) is 3.41. The van der Waals surface area contributed by atoms with E-state index in [9.17, 15) is 0 Å². The summed E-state index contributed by atoms with van der Waals surface area (Å²) in [7, 11) is 0. The van der Waals surface area contributed by atoms with Crippen molar-refractivity contribution in [1.82, 2.24) is 0 Å². The van der Waals surface area contributed by atoms with Crippen LogP contribution in [0.15, 0.2) is 0 Å². The lowest BCUT2D eigenvalue weighted by atomic mass is 10.0. The fourth-order valence-corrected chi connectivity index (χ4v) is 1.46. The average Bonchev–Trinajstić information content (AvgIpc) is 2.03. The Morgan fingerprint density at radius 1 is 1.55 bits per heavy atom. The van der Waals surface area contributed by atoms with Gasteiger partial charge in [0, 0.05) is 6.61 Å². The monoisotopic (exact) mass is 158 g/mol. The molecule has 0 radical (unpaired) electrons. The molecule has 0 aromatic carbocycles. The molecule has 2 atom stereocenters. The third-order valence-corrected chi connectivity index (χ3v) is 2.18. The Balaban J connectivity index is 2.05. The Kier molecular flexibility index (Phi) is 3.87. The lowest BCUT2D eigenvalue weighted by molar-refractivity contribution is 0.00345. The summed E-state index contributed by atoms with van der Waals surface area (Å²) in [5, 5.41) is 9.03. The van der Waals surface area contributed by atoms with Gasteiger partial charge in [0.05, 0.1) is 12.2 Å². The van der Waals surface area contributed by atoms with Crippen molar-refractivity contribution in [3.8, 4) is 0 Å². The summed E-state index contributed by atoms with van der Waals surface area (Å²) in [5.41, 5.74) is 0. The molecule has 2 nitrogen and oxygen atoms in total. The third kappa shape index (κ3) is 3.73. The SMILES string of the molecule is C[C@@H](O)CCC1CCCCO1. The normalized spacial score (nSPS) is 28.4. The Morgan fingerprint density at radius 3 is 2.91 bits per heavy atom. The second-order valence-electron chi connectivity index (χ2n) is 3.41. The van der Waals surface area contributed by atoms with Crippen LogP contribution < -0.4 is 0 Å². The summed E-state index contributed by atoms with van der Waals surface area (Å²) in [6.07, 6.45) is 5.86. The van der Waals surface area contributed by atoms with Gasteiger partial charge in [0.2, 0.25) is 0 Å². The molecule has 66 valence electrons. The molecule has 1 fully saturated rings. The molecule has 11 heavy (non-hydrogen) atoms. The number of aliphatic hydroxyl groups is 1. The number of rotatable bonds is 3. The highest BCUT2D eigenvalue weighted by molar-refractivity contribution is 4.64. The molecule has 1 heterocycles. The van der Waals surface area contributed by atoms with E-state index in [0.717, 1.165) is 19.4 Å². The summed E-state index contributed by atoms with van der Waals surface area (Å²) in [5.74, 6) is 0. The molecule has 1 unspecified atom stereocenters. The Labute approximate surface area is 68.6 Å². The first kappa shape index (κ1) is 9.01. The largest absolute Gasteiger partial charge is 0.393 e. The fourth-order valence-electron chi connectivity index (χ4n) is 1.46. The molecule has 1 aliphatic rings. The lowest BCUT2D eigenvalue weighted by Gasteiger charge is -2.22. The summed E-state index contributed by atoms with van der Waals surface area (Å²) in [6, 6.07) is 0. The van der Waals surface area contributed by atoms with E-state index in [1.807, 2.05) is 6.92 Å². The maximum Gasteiger partial charge on any atom is 0.0576 e. The Bertz CT molecular complexity index is 95.7. The fraction of sp³-hybridized carbons (Fsp3) is 1.00. The van der Waals surface area contributed by atoms with Crippen LogP contribution in [-0.2, 0) is 4.74 Å². The third-order valence-electron chi connectivity index (χ3n) is 2.18. The molecular weight excluding hydrogens is 140 g/mol. The summed E-state index contributed by atoms with van der Waals surface area (Å²) < 4.78 is 5.52. The molecule has 0 amide bonds. The van der Waals surface area contributed by atoms with Crippen molar-refractivity contribution in [2.24, 2.45) is 0 Å². The van der Waals surface area contributed by atoms with Gasteiger partial charge in [-0.05, 0) is 39.0 Å². The Morgan fingerprint density at radius 2 is 2.36 bits per heavy atom. The molecule has 0 aromatic heterocycles. The molecule has 0 bridgehead atoms. The van der Waals surface area contributed by atoms with Crippen molar-refractivity contribution in [3.63, 3.8) is 0 Å². The van der Waals surface area contributed by atoms with Gasteiger partial charge in [-0.25, -0.2) is 0 Å². The molecule has 0 aromatic rings. The molecule has 2 heteroatoms. The first-order valence-electron chi connectivity index (χ1n) is 4.58. The summed E-state index contributed by atoms with van der Waals surface area (Å²) in [4.78, 5) is 0. The first-order valence-corrected chi connectivity index (χ1v) is 4.58. The number of hydrogen-bond donors (Lipinski definition) is 1. The van der Waals surface area contributed by atoms with Crippen LogP contribution in [0.1, 0.15) is 39.0 Å². The standard InChI is InChI=1S/C9H18O2/c1-8(10)5-6-9-4-2-3-7-11-9/h8-10H,2-7H2,1H3/t8-,9?/m1/s1. The second kappa shape index (κ2) is 4.73. The van der Waals surface area contributed by atoms with Gasteiger partial charge in [0.25, 0.3) is 0 Å². The number of hydrogen-bond acceptors (Lipinski definition) is 2. The highest BCUT2D eigenvalue weighted by atomic mass is 16.5. The minimum atomic E-state index is -0.166. The van der Waals surface area contributed by atoms with Gasteiger partial charge in [-0.1, -0.05) is 0 Å². The molecule has 1 N–H and O–H groups in total. The van der Waals surface area contributed by atoms with Gasteiger partial charge in [0.1, 0.15) is 0 Å². The van der Waals surface area contributed by atoms with Crippen LogP contribution >= 0.6 is 0 Å². The zero-order valence-corrected chi connectivity index (χ0v) is 7.25. The Hall–Kier alpha value is -0.0800. The molecule has 1 saturated heterocycles. The topological polar surface area (TPSA) is 29.5 Å².